The van der Waals surface area contributed by atoms with Crippen LogP contribution in [0.1, 0.15) is 47.7 Å². The molecule has 1 N–H and O–H groups in total. The Morgan fingerprint density at radius 2 is 1.97 bits per heavy atom. The number of hydrogen-bond acceptors (Lipinski definition) is 5. The molecule has 1 aromatic heterocycles. The predicted molar refractivity (Wildman–Crippen MR) is 116 cm³/mol. The number of carbonyl (C=O) groups is 1. The lowest BCUT2D eigenvalue weighted by Crippen LogP contribution is -2.20. The number of methoxy groups -OCH3 is 2. The van der Waals surface area contributed by atoms with Gasteiger partial charge in [-0.05, 0) is 36.0 Å². The minimum atomic E-state index is -1.19. The second-order valence-electron chi connectivity index (χ2n) is 7.57. The number of aromatic nitrogens is 1. The first-order valence-corrected chi connectivity index (χ1v) is 10.5. The lowest BCUT2D eigenvalue weighted by atomic mass is 9.75. The Labute approximate surface area is 186 Å². The number of nitrogens with zero attached hydrogens (tertiary/aromatic N) is 1. The van der Waals surface area contributed by atoms with Crippen molar-refractivity contribution < 1.29 is 24.1 Å². The highest BCUT2D eigenvalue weighted by Crippen LogP contribution is 2.49. The monoisotopic (exact) mass is 453 g/mol. The van der Waals surface area contributed by atoms with Crippen LogP contribution in [0.5, 0.6) is 11.5 Å². The summed E-state index contributed by atoms with van der Waals surface area (Å²) in [5.74, 6) is 0.241. The van der Waals surface area contributed by atoms with Gasteiger partial charge in [0, 0.05) is 31.3 Å². The van der Waals surface area contributed by atoms with Crippen molar-refractivity contribution in [2.24, 2.45) is 5.92 Å². The summed E-state index contributed by atoms with van der Waals surface area (Å²) in [7, 11) is 3.23. The van der Waals surface area contributed by atoms with Gasteiger partial charge in [0.2, 0.25) is 0 Å². The molecule has 1 aliphatic rings. The van der Waals surface area contributed by atoms with Crippen LogP contribution in [0.15, 0.2) is 12.1 Å². The van der Waals surface area contributed by atoms with Gasteiger partial charge in [0.15, 0.2) is 11.5 Å². The third-order valence-electron chi connectivity index (χ3n) is 5.35. The van der Waals surface area contributed by atoms with E-state index in [1.165, 1.54) is 0 Å². The molecule has 0 spiro atoms. The molecule has 3 rings (SSSR count). The fraction of sp³-hybridized carbons (Fsp3) is 0.455. The number of aromatic carboxylic acids is 1. The summed E-state index contributed by atoms with van der Waals surface area (Å²) >= 11 is 12.8. The Hall–Kier alpha value is -2.02. The quantitative estimate of drug-likeness (QED) is 0.421. The van der Waals surface area contributed by atoms with Gasteiger partial charge in [-0.15, -0.1) is 0 Å². The van der Waals surface area contributed by atoms with E-state index < -0.39 is 5.97 Å². The molecule has 30 heavy (non-hydrogen) atoms. The van der Waals surface area contributed by atoms with Gasteiger partial charge in [-0.1, -0.05) is 37.0 Å². The molecular formula is C22H25Cl2NO5. The Morgan fingerprint density at radius 1 is 1.23 bits per heavy atom. The van der Waals surface area contributed by atoms with E-state index in [1.54, 1.807) is 14.2 Å². The number of pyridine rings is 1. The van der Waals surface area contributed by atoms with E-state index in [-0.39, 0.29) is 27.6 Å². The standard InChI is InChI=1S/C22H25Cl2NO5/c1-11(2)13-8-12-9-16(30-7-5-6-28-3)15(29-4)10-14(12)20-17(13)19(23)18(22(26)27)21(24)25-20/h9-11,13H,5-8H2,1-4H3,(H,26,27). The molecule has 0 radical (unpaired) electrons. The van der Waals surface area contributed by atoms with Crippen LogP contribution in [0.2, 0.25) is 10.2 Å². The first kappa shape index (κ1) is 22.7. The molecule has 0 saturated carbocycles. The van der Waals surface area contributed by atoms with Gasteiger partial charge < -0.3 is 19.3 Å². The van der Waals surface area contributed by atoms with Gasteiger partial charge in [0.05, 0.1) is 24.4 Å². The predicted octanol–water partition coefficient (Wildman–Crippen LogP) is 5.47. The van der Waals surface area contributed by atoms with E-state index in [1.807, 2.05) is 12.1 Å². The molecular weight excluding hydrogens is 429 g/mol. The van der Waals surface area contributed by atoms with Crippen molar-refractivity contribution >= 4 is 29.2 Å². The van der Waals surface area contributed by atoms with E-state index in [9.17, 15) is 9.90 Å². The van der Waals surface area contributed by atoms with E-state index >= 15 is 0 Å². The zero-order valence-corrected chi connectivity index (χ0v) is 18.9. The van der Waals surface area contributed by atoms with Crippen LogP contribution in [0.3, 0.4) is 0 Å². The van der Waals surface area contributed by atoms with Crippen LogP contribution in [-0.4, -0.2) is 43.5 Å². The first-order chi connectivity index (χ1) is 14.3. The van der Waals surface area contributed by atoms with Gasteiger partial charge in [0.1, 0.15) is 10.7 Å². The highest BCUT2D eigenvalue weighted by atomic mass is 35.5. The average Bonchev–Trinajstić information content (AvgIpc) is 2.69. The third-order valence-corrected chi connectivity index (χ3v) is 6.02. The summed E-state index contributed by atoms with van der Waals surface area (Å²) in [6.45, 7) is 5.28. The lowest BCUT2D eigenvalue weighted by molar-refractivity contribution is 0.0696. The van der Waals surface area contributed by atoms with E-state index in [4.69, 9.17) is 37.4 Å². The van der Waals surface area contributed by atoms with Gasteiger partial charge in [-0.2, -0.15) is 0 Å². The van der Waals surface area contributed by atoms with Crippen molar-refractivity contribution in [1.82, 2.24) is 4.98 Å². The minimum absolute atomic E-state index is 0.00222. The summed E-state index contributed by atoms with van der Waals surface area (Å²) in [5, 5.41) is 9.58. The molecule has 1 aliphatic carbocycles. The van der Waals surface area contributed by atoms with Gasteiger partial charge >= 0.3 is 5.97 Å². The van der Waals surface area contributed by atoms with Crippen LogP contribution >= 0.6 is 23.2 Å². The second kappa shape index (κ2) is 9.41. The second-order valence-corrected chi connectivity index (χ2v) is 8.30. The number of carboxylic acid groups (broad SMARTS) is 1. The normalized spacial score (nSPS) is 15.0. The van der Waals surface area contributed by atoms with Crippen LogP contribution in [0, 0.1) is 5.92 Å². The van der Waals surface area contributed by atoms with Gasteiger partial charge in [-0.25, -0.2) is 9.78 Å². The van der Waals surface area contributed by atoms with E-state index in [2.05, 4.69) is 18.8 Å². The van der Waals surface area contributed by atoms with Crippen molar-refractivity contribution in [3.63, 3.8) is 0 Å². The van der Waals surface area contributed by atoms with Gasteiger partial charge in [-0.3, -0.25) is 0 Å². The largest absolute Gasteiger partial charge is 0.493 e. The van der Waals surface area contributed by atoms with Crippen molar-refractivity contribution in [2.75, 3.05) is 27.4 Å². The smallest absolute Gasteiger partial charge is 0.340 e. The maximum atomic E-state index is 11.7. The topological polar surface area (TPSA) is 77.9 Å². The Balaban J connectivity index is 2.15. The SMILES string of the molecule is COCCCOc1cc2c(cc1OC)-c1nc(Cl)c(C(=O)O)c(Cl)c1C(C(C)C)C2. The molecule has 0 amide bonds. The summed E-state index contributed by atoms with van der Waals surface area (Å²) < 4.78 is 16.5. The number of halogens is 2. The zero-order chi connectivity index (χ0) is 22.0. The molecule has 2 aromatic rings. The molecule has 1 unspecified atom stereocenters. The highest BCUT2D eigenvalue weighted by molar-refractivity contribution is 6.39. The molecule has 0 saturated heterocycles. The fourth-order valence-electron chi connectivity index (χ4n) is 3.83. The minimum Gasteiger partial charge on any atom is -0.493 e. The molecule has 1 heterocycles. The zero-order valence-electron chi connectivity index (χ0n) is 17.4. The molecule has 0 fully saturated rings. The van der Waals surface area contributed by atoms with Crippen LogP contribution in [-0.2, 0) is 11.2 Å². The Kier molecular flexibility index (Phi) is 7.11. The van der Waals surface area contributed by atoms with E-state index in [0.717, 1.165) is 23.1 Å². The molecule has 162 valence electrons. The maximum Gasteiger partial charge on any atom is 0.340 e. The summed E-state index contributed by atoms with van der Waals surface area (Å²) in [4.78, 5) is 16.1. The Bertz CT molecular complexity index is 961. The van der Waals surface area contributed by atoms with Crippen LogP contribution < -0.4 is 9.47 Å². The lowest BCUT2D eigenvalue weighted by Gasteiger charge is -2.32. The average molecular weight is 454 g/mol. The fourth-order valence-corrected chi connectivity index (χ4v) is 4.53. The Morgan fingerprint density at radius 3 is 2.57 bits per heavy atom. The molecule has 6 nitrogen and oxygen atoms in total. The van der Waals surface area contributed by atoms with Crippen molar-refractivity contribution in [3.8, 4) is 22.8 Å². The number of hydrogen-bond donors (Lipinski definition) is 1. The number of ether oxygens (including phenoxy) is 3. The first-order valence-electron chi connectivity index (χ1n) is 9.75. The molecule has 1 atom stereocenters. The summed E-state index contributed by atoms with van der Waals surface area (Å²) in [5.41, 5.74) is 3.02. The number of rotatable bonds is 8. The number of carboxylic acids is 1. The summed E-state index contributed by atoms with van der Waals surface area (Å²) in [6, 6.07) is 3.82. The molecule has 1 aromatic carbocycles. The van der Waals surface area contributed by atoms with Gasteiger partial charge in [0.25, 0.3) is 0 Å². The maximum absolute atomic E-state index is 11.7. The molecule has 8 heteroatoms. The van der Waals surface area contributed by atoms with Crippen LogP contribution in [0.4, 0.5) is 0 Å². The van der Waals surface area contributed by atoms with Crippen molar-refractivity contribution in [1.29, 1.82) is 0 Å². The summed E-state index contributed by atoms with van der Waals surface area (Å²) in [6.07, 6.45) is 1.44. The number of fused-ring (bicyclic) bond motifs is 3. The van der Waals surface area contributed by atoms with Crippen molar-refractivity contribution in [3.05, 3.63) is 39.0 Å². The van der Waals surface area contributed by atoms with E-state index in [0.29, 0.717) is 36.8 Å². The van der Waals surface area contributed by atoms with Crippen molar-refractivity contribution in [2.45, 2.75) is 32.6 Å². The highest BCUT2D eigenvalue weighted by Gasteiger charge is 2.34. The third kappa shape index (κ3) is 4.22. The molecule has 0 bridgehead atoms. The molecule has 0 aliphatic heterocycles. The van der Waals surface area contributed by atoms with Crippen LogP contribution in [0.25, 0.3) is 11.3 Å². The number of benzene rings is 1.